The number of rotatable bonds is 8. The van der Waals surface area contributed by atoms with E-state index in [0.717, 1.165) is 39.2 Å². The van der Waals surface area contributed by atoms with Gasteiger partial charge in [0.25, 0.3) is 0 Å². The van der Waals surface area contributed by atoms with E-state index in [0.29, 0.717) is 11.8 Å². The molecule has 2 atom stereocenters. The Kier molecular flexibility index (Phi) is 6.45. The molecule has 0 bridgehead atoms. The van der Waals surface area contributed by atoms with Crippen LogP contribution in [-0.2, 0) is 11.3 Å². The zero-order valence-corrected chi connectivity index (χ0v) is 14.6. The number of anilines is 1. The van der Waals surface area contributed by atoms with Crippen molar-refractivity contribution in [3.63, 3.8) is 0 Å². The first kappa shape index (κ1) is 16.7. The summed E-state index contributed by atoms with van der Waals surface area (Å²) in [4.78, 5) is 8.83. The third kappa shape index (κ3) is 4.18. The predicted molar refractivity (Wildman–Crippen MR) is 90.4 cm³/mol. The lowest BCUT2D eigenvalue weighted by Crippen LogP contribution is -2.20. The molecule has 1 saturated heterocycles. The molecule has 2 heterocycles. The van der Waals surface area contributed by atoms with Gasteiger partial charge in [-0.3, -0.25) is 0 Å². The van der Waals surface area contributed by atoms with Crippen LogP contribution in [0.1, 0.15) is 50.1 Å². The SMILES string of the molecule is CCNCc1sc(N2CCC(COC)C2)nc1C(C)CC. The summed E-state index contributed by atoms with van der Waals surface area (Å²) >= 11 is 1.87. The molecule has 0 amide bonds. The number of hydrogen-bond acceptors (Lipinski definition) is 5. The third-order valence-corrected chi connectivity index (χ3v) is 5.42. The largest absolute Gasteiger partial charge is 0.384 e. The molecule has 1 aliphatic heterocycles. The maximum absolute atomic E-state index is 5.29. The Morgan fingerprint density at radius 3 is 2.95 bits per heavy atom. The van der Waals surface area contributed by atoms with Crippen LogP contribution in [0.4, 0.5) is 5.13 Å². The van der Waals surface area contributed by atoms with Gasteiger partial charge in [-0.1, -0.05) is 20.8 Å². The standard InChI is InChI=1S/C16H29N3OS/c1-5-12(3)15-14(9-17-6-2)21-16(18-15)19-8-7-13(10-19)11-20-4/h12-13,17H,5-11H2,1-4H3. The molecule has 1 fully saturated rings. The van der Waals surface area contributed by atoms with Gasteiger partial charge in [-0.25, -0.2) is 4.98 Å². The van der Waals surface area contributed by atoms with Crippen LogP contribution in [-0.4, -0.2) is 38.3 Å². The van der Waals surface area contributed by atoms with E-state index in [9.17, 15) is 0 Å². The van der Waals surface area contributed by atoms with E-state index in [4.69, 9.17) is 9.72 Å². The molecule has 1 aromatic heterocycles. The first-order valence-corrected chi connectivity index (χ1v) is 8.95. The molecule has 0 radical (unpaired) electrons. The Hall–Kier alpha value is -0.650. The second kappa shape index (κ2) is 8.11. The van der Waals surface area contributed by atoms with E-state index in [1.807, 2.05) is 11.3 Å². The minimum Gasteiger partial charge on any atom is -0.384 e. The predicted octanol–water partition coefficient (Wildman–Crippen LogP) is 3.24. The molecule has 21 heavy (non-hydrogen) atoms. The fourth-order valence-electron chi connectivity index (χ4n) is 2.81. The molecule has 2 rings (SSSR count). The lowest BCUT2D eigenvalue weighted by atomic mass is 10.0. The number of nitrogens with zero attached hydrogens (tertiary/aromatic N) is 2. The fraction of sp³-hybridized carbons (Fsp3) is 0.812. The molecule has 1 N–H and O–H groups in total. The molecule has 1 aliphatic rings. The number of nitrogens with one attached hydrogen (secondary N) is 1. The molecule has 5 heteroatoms. The minimum absolute atomic E-state index is 0.543. The zero-order chi connectivity index (χ0) is 15.2. The summed E-state index contributed by atoms with van der Waals surface area (Å²) in [7, 11) is 1.79. The van der Waals surface area contributed by atoms with Gasteiger partial charge in [0.05, 0.1) is 12.3 Å². The number of hydrogen-bond donors (Lipinski definition) is 1. The van der Waals surface area contributed by atoms with Crippen molar-refractivity contribution in [1.29, 1.82) is 0 Å². The van der Waals surface area contributed by atoms with Gasteiger partial charge in [-0.05, 0) is 25.3 Å². The summed E-state index contributed by atoms with van der Waals surface area (Å²) < 4.78 is 5.29. The van der Waals surface area contributed by atoms with Crippen molar-refractivity contribution < 1.29 is 4.74 Å². The molecule has 4 nitrogen and oxygen atoms in total. The number of methoxy groups -OCH3 is 1. The van der Waals surface area contributed by atoms with Crippen LogP contribution >= 0.6 is 11.3 Å². The molecule has 0 spiro atoms. The highest BCUT2D eigenvalue weighted by Gasteiger charge is 2.26. The van der Waals surface area contributed by atoms with E-state index in [1.54, 1.807) is 7.11 Å². The first-order valence-electron chi connectivity index (χ1n) is 8.13. The number of thiazole rings is 1. The molecular formula is C16H29N3OS. The van der Waals surface area contributed by atoms with Crippen molar-refractivity contribution in [2.75, 3.05) is 38.3 Å². The molecule has 1 aromatic rings. The quantitative estimate of drug-likeness (QED) is 0.800. The fourth-order valence-corrected chi connectivity index (χ4v) is 3.99. The van der Waals surface area contributed by atoms with Crippen LogP contribution in [0.3, 0.4) is 0 Å². The van der Waals surface area contributed by atoms with Crippen LogP contribution in [0.15, 0.2) is 0 Å². The van der Waals surface area contributed by atoms with Crippen molar-refractivity contribution in [2.24, 2.45) is 5.92 Å². The van der Waals surface area contributed by atoms with Crippen LogP contribution in [0.2, 0.25) is 0 Å². The van der Waals surface area contributed by atoms with Gasteiger partial charge >= 0.3 is 0 Å². The summed E-state index contributed by atoms with van der Waals surface area (Å²) in [5.41, 5.74) is 1.30. The second-order valence-corrected chi connectivity index (χ2v) is 7.01. The summed E-state index contributed by atoms with van der Waals surface area (Å²) in [6.45, 7) is 11.7. The van der Waals surface area contributed by atoms with Gasteiger partial charge in [0.1, 0.15) is 0 Å². The van der Waals surface area contributed by atoms with Gasteiger partial charge in [0.15, 0.2) is 5.13 Å². The lowest BCUT2D eigenvalue weighted by Gasteiger charge is -2.14. The van der Waals surface area contributed by atoms with Crippen LogP contribution in [0, 0.1) is 5.92 Å². The third-order valence-electron chi connectivity index (χ3n) is 4.29. The highest BCUT2D eigenvalue weighted by molar-refractivity contribution is 7.15. The van der Waals surface area contributed by atoms with E-state index in [1.165, 1.54) is 22.1 Å². The molecule has 0 aromatic carbocycles. The lowest BCUT2D eigenvalue weighted by molar-refractivity contribution is 0.161. The van der Waals surface area contributed by atoms with E-state index in [-0.39, 0.29) is 0 Å². The molecule has 120 valence electrons. The van der Waals surface area contributed by atoms with E-state index >= 15 is 0 Å². The Balaban J connectivity index is 2.11. The monoisotopic (exact) mass is 311 g/mol. The van der Waals surface area contributed by atoms with Crippen molar-refractivity contribution in [3.05, 3.63) is 10.6 Å². The highest BCUT2D eigenvalue weighted by Crippen LogP contribution is 2.34. The average Bonchev–Trinajstić information content (AvgIpc) is 3.11. The highest BCUT2D eigenvalue weighted by atomic mass is 32.1. The maximum atomic E-state index is 5.29. The molecule has 0 saturated carbocycles. The molecule has 2 unspecified atom stereocenters. The van der Waals surface area contributed by atoms with E-state index in [2.05, 4.69) is 31.0 Å². The van der Waals surface area contributed by atoms with Crippen molar-refractivity contribution in [1.82, 2.24) is 10.3 Å². The van der Waals surface area contributed by atoms with Gasteiger partial charge in [-0.15, -0.1) is 11.3 Å². The number of aromatic nitrogens is 1. The zero-order valence-electron chi connectivity index (χ0n) is 13.8. The summed E-state index contributed by atoms with van der Waals surface area (Å²) in [5, 5.41) is 4.65. The van der Waals surface area contributed by atoms with Gasteiger partial charge < -0.3 is 15.0 Å². The van der Waals surface area contributed by atoms with Gasteiger partial charge in [0.2, 0.25) is 0 Å². The molecule has 0 aliphatic carbocycles. The van der Waals surface area contributed by atoms with Gasteiger partial charge in [-0.2, -0.15) is 0 Å². The maximum Gasteiger partial charge on any atom is 0.185 e. The van der Waals surface area contributed by atoms with E-state index < -0.39 is 0 Å². The second-order valence-electron chi connectivity index (χ2n) is 5.95. The van der Waals surface area contributed by atoms with Gasteiger partial charge in [0, 0.05) is 37.5 Å². The Bertz CT molecular complexity index is 435. The van der Waals surface area contributed by atoms with Crippen LogP contribution < -0.4 is 10.2 Å². The van der Waals surface area contributed by atoms with Crippen molar-refractivity contribution in [3.8, 4) is 0 Å². The Labute approximate surface area is 132 Å². The van der Waals surface area contributed by atoms with Crippen LogP contribution in [0.25, 0.3) is 0 Å². The minimum atomic E-state index is 0.543. The summed E-state index contributed by atoms with van der Waals surface area (Å²) in [6, 6.07) is 0. The number of ether oxygens (including phenoxy) is 1. The van der Waals surface area contributed by atoms with Crippen molar-refractivity contribution in [2.45, 2.75) is 46.1 Å². The van der Waals surface area contributed by atoms with Crippen molar-refractivity contribution >= 4 is 16.5 Å². The topological polar surface area (TPSA) is 37.4 Å². The Morgan fingerprint density at radius 2 is 2.29 bits per heavy atom. The Morgan fingerprint density at radius 1 is 1.48 bits per heavy atom. The van der Waals surface area contributed by atoms with Crippen LogP contribution in [0.5, 0.6) is 0 Å². The first-order chi connectivity index (χ1) is 10.2. The normalized spacial score (nSPS) is 20.2. The summed E-state index contributed by atoms with van der Waals surface area (Å²) in [6.07, 6.45) is 2.36. The molecular weight excluding hydrogens is 282 g/mol. The average molecular weight is 311 g/mol. The summed E-state index contributed by atoms with van der Waals surface area (Å²) in [5.74, 6) is 1.20. The smallest absolute Gasteiger partial charge is 0.185 e.